The number of nitrogens with zero attached hydrogens (tertiary/aromatic N) is 3. The smallest absolute Gasteiger partial charge is 0.276 e. The average molecular weight is 362 g/mol. The van der Waals surface area contributed by atoms with E-state index in [4.69, 9.17) is 0 Å². The monoisotopic (exact) mass is 362 g/mol. The van der Waals surface area contributed by atoms with E-state index in [-0.39, 0.29) is 17.5 Å². The summed E-state index contributed by atoms with van der Waals surface area (Å²) in [7, 11) is 0. The maximum absolute atomic E-state index is 13.2. The number of aromatic amines is 1. The molecule has 2 aromatic carbocycles. The molecule has 1 aliphatic rings. The number of aryl methyl sites for hydroxylation is 1. The number of anilines is 1. The van der Waals surface area contributed by atoms with Crippen LogP contribution in [0.2, 0.25) is 0 Å². The van der Waals surface area contributed by atoms with Crippen LogP contribution in [0.15, 0.2) is 65.5 Å². The molecular formula is C21H22N4O2. The van der Waals surface area contributed by atoms with Gasteiger partial charge in [0, 0.05) is 19.2 Å². The molecule has 2 heterocycles. The molecule has 138 valence electrons. The first-order chi connectivity index (χ1) is 13.1. The van der Waals surface area contributed by atoms with Gasteiger partial charge in [-0.2, -0.15) is 0 Å². The van der Waals surface area contributed by atoms with Gasteiger partial charge >= 0.3 is 0 Å². The summed E-state index contributed by atoms with van der Waals surface area (Å²) in [6.45, 7) is 4.12. The Bertz CT molecular complexity index is 1010. The molecule has 0 spiro atoms. The fraction of sp³-hybridized carbons (Fsp3) is 0.238. The zero-order valence-corrected chi connectivity index (χ0v) is 15.4. The Labute approximate surface area is 157 Å². The van der Waals surface area contributed by atoms with Crippen LogP contribution >= 0.6 is 0 Å². The summed E-state index contributed by atoms with van der Waals surface area (Å²) in [5.41, 5.74) is 3.06. The van der Waals surface area contributed by atoms with Crippen molar-refractivity contribution in [2.45, 2.75) is 26.3 Å². The van der Waals surface area contributed by atoms with Gasteiger partial charge in [-0.15, -0.1) is 0 Å². The normalized spacial score (nSPS) is 16.7. The van der Waals surface area contributed by atoms with Gasteiger partial charge in [0.15, 0.2) is 0 Å². The van der Waals surface area contributed by atoms with Crippen molar-refractivity contribution in [3.8, 4) is 5.69 Å². The summed E-state index contributed by atoms with van der Waals surface area (Å²) in [5, 5.41) is 6.84. The molecule has 1 aliphatic heterocycles. The first-order valence-electron chi connectivity index (χ1n) is 9.07. The molecule has 6 heteroatoms. The minimum absolute atomic E-state index is 0.0763. The highest BCUT2D eigenvalue weighted by atomic mass is 16.2. The van der Waals surface area contributed by atoms with Crippen LogP contribution < -0.4 is 10.6 Å². The molecule has 6 nitrogen and oxygen atoms in total. The second kappa shape index (κ2) is 6.79. The van der Waals surface area contributed by atoms with Crippen LogP contribution in [0.3, 0.4) is 0 Å². The molecule has 1 aromatic heterocycles. The molecule has 3 aromatic rings. The highest BCUT2D eigenvalue weighted by molar-refractivity contribution is 5.77. The average Bonchev–Trinajstić information content (AvgIpc) is 3.24. The van der Waals surface area contributed by atoms with Crippen molar-refractivity contribution >= 4 is 11.6 Å². The Morgan fingerprint density at radius 1 is 1.00 bits per heavy atom. The van der Waals surface area contributed by atoms with Gasteiger partial charge in [-0.05, 0) is 37.6 Å². The highest BCUT2D eigenvalue weighted by Gasteiger charge is 2.38. The SMILES string of the molecule is CC(=O)N1[C@H](c2c(C)[nH]n(-c3ccccc3)c2=O)CCN1c1ccccc1. The zero-order valence-electron chi connectivity index (χ0n) is 15.4. The number of rotatable bonds is 3. The molecule has 0 aliphatic carbocycles. The van der Waals surface area contributed by atoms with E-state index in [1.54, 1.807) is 16.6 Å². The maximum atomic E-state index is 13.2. The van der Waals surface area contributed by atoms with Gasteiger partial charge in [0.25, 0.3) is 5.56 Å². The van der Waals surface area contributed by atoms with E-state index in [0.717, 1.165) is 17.1 Å². The second-order valence-electron chi connectivity index (χ2n) is 6.75. The Balaban J connectivity index is 1.76. The van der Waals surface area contributed by atoms with Crippen molar-refractivity contribution in [3.05, 3.63) is 82.3 Å². The van der Waals surface area contributed by atoms with Crippen molar-refractivity contribution in [2.24, 2.45) is 0 Å². The summed E-state index contributed by atoms with van der Waals surface area (Å²) >= 11 is 0. The van der Waals surface area contributed by atoms with Crippen LogP contribution in [0.5, 0.6) is 0 Å². The maximum Gasteiger partial charge on any atom is 0.276 e. The van der Waals surface area contributed by atoms with E-state index >= 15 is 0 Å². The van der Waals surface area contributed by atoms with Crippen LogP contribution in [-0.4, -0.2) is 27.2 Å². The number of para-hydroxylation sites is 2. The molecule has 1 amide bonds. The van der Waals surface area contributed by atoms with Crippen molar-refractivity contribution < 1.29 is 4.79 Å². The molecule has 1 saturated heterocycles. The van der Waals surface area contributed by atoms with Crippen molar-refractivity contribution in [1.29, 1.82) is 0 Å². The number of carbonyl (C=O) groups excluding carboxylic acids is 1. The quantitative estimate of drug-likeness (QED) is 0.778. The first-order valence-corrected chi connectivity index (χ1v) is 9.07. The lowest BCUT2D eigenvalue weighted by Gasteiger charge is -2.32. The van der Waals surface area contributed by atoms with E-state index in [9.17, 15) is 9.59 Å². The number of nitrogens with one attached hydrogen (secondary N) is 1. The van der Waals surface area contributed by atoms with Gasteiger partial charge < -0.3 is 0 Å². The van der Waals surface area contributed by atoms with E-state index in [2.05, 4.69) is 5.10 Å². The number of amides is 1. The third-order valence-electron chi connectivity index (χ3n) is 5.01. The third-order valence-corrected chi connectivity index (χ3v) is 5.01. The number of hydrogen-bond acceptors (Lipinski definition) is 3. The number of benzene rings is 2. The van der Waals surface area contributed by atoms with E-state index in [1.807, 2.05) is 72.6 Å². The Morgan fingerprint density at radius 3 is 2.19 bits per heavy atom. The van der Waals surface area contributed by atoms with Crippen LogP contribution in [0.4, 0.5) is 5.69 Å². The fourth-order valence-electron chi connectivity index (χ4n) is 3.86. The Morgan fingerprint density at radius 2 is 1.59 bits per heavy atom. The van der Waals surface area contributed by atoms with Gasteiger partial charge in [-0.25, -0.2) is 9.69 Å². The molecule has 0 saturated carbocycles. The zero-order chi connectivity index (χ0) is 19.0. The summed E-state index contributed by atoms with van der Waals surface area (Å²) < 4.78 is 1.55. The predicted octanol–water partition coefficient (Wildman–Crippen LogP) is 3.19. The minimum atomic E-state index is -0.281. The number of carbonyl (C=O) groups is 1. The van der Waals surface area contributed by atoms with Gasteiger partial charge in [0.05, 0.1) is 23.0 Å². The topological polar surface area (TPSA) is 61.3 Å². The highest BCUT2D eigenvalue weighted by Crippen LogP contribution is 2.35. The summed E-state index contributed by atoms with van der Waals surface area (Å²) in [6.07, 6.45) is 0.706. The van der Waals surface area contributed by atoms with E-state index < -0.39 is 0 Å². The van der Waals surface area contributed by atoms with Gasteiger partial charge in [-0.3, -0.25) is 19.7 Å². The van der Waals surface area contributed by atoms with Gasteiger partial charge in [-0.1, -0.05) is 36.4 Å². The molecule has 4 rings (SSSR count). The Kier molecular flexibility index (Phi) is 4.32. The van der Waals surface area contributed by atoms with Gasteiger partial charge in [0.1, 0.15) is 0 Å². The number of aromatic nitrogens is 2. The molecule has 0 unspecified atom stereocenters. The molecule has 0 radical (unpaired) electrons. The third kappa shape index (κ3) is 2.93. The Hall–Kier alpha value is -3.28. The lowest BCUT2D eigenvalue weighted by atomic mass is 10.1. The first kappa shape index (κ1) is 17.1. The fourth-order valence-corrected chi connectivity index (χ4v) is 3.86. The summed E-state index contributed by atoms with van der Waals surface area (Å²) in [4.78, 5) is 25.6. The van der Waals surface area contributed by atoms with Crippen molar-refractivity contribution in [3.63, 3.8) is 0 Å². The number of hydrogen-bond donors (Lipinski definition) is 1. The van der Waals surface area contributed by atoms with Crippen LogP contribution in [0.1, 0.15) is 30.6 Å². The van der Waals surface area contributed by atoms with Crippen LogP contribution in [0, 0.1) is 6.92 Å². The summed E-state index contributed by atoms with van der Waals surface area (Å²) in [5.74, 6) is -0.0763. The van der Waals surface area contributed by atoms with E-state index in [1.165, 1.54) is 0 Å². The van der Waals surface area contributed by atoms with Crippen molar-refractivity contribution in [2.75, 3.05) is 11.6 Å². The minimum Gasteiger partial charge on any atom is -0.295 e. The number of hydrazine groups is 1. The van der Waals surface area contributed by atoms with E-state index in [0.29, 0.717) is 18.5 Å². The molecule has 1 atom stereocenters. The summed E-state index contributed by atoms with van der Waals surface area (Å²) in [6, 6.07) is 19.0. The lowest BCUT2D eigenvalue weighted by molar-refractivity contribution is -0.130. The number of H-pyrrole nitrogens is 1. The van der Waals surface area contributed by atoms with Crippen LogP contribution in [-0.2, 0) is 4.79 Å². The molecule has 1 fully saturated rings. The standard InChI is InChI=1S/C21H22N4O2/c1-15-20(21(27)24(22-15)18-11-7-4-8-12-18)19-13-14-23(25(19)16(2)26)17-9-5-3-6-10-17/h3-12,19,22H,13-14H2,1-2H3/t19-/m0/s1. The lowest BCUT2D eigenvalue weighted by Crippen LogP contribution is -2.42. The second-order valence-corrected chi connectivity index (χ2v) is 6.75. The largest absolute Gasteiger partial charge is 0.295 e. The predicted molar refractivity (Wildman–Crippen MR) is 105 cm³/mol. The molecule has 1 N–H and O–H groups in total. The van der Waals surface area contributed by atoms with Gasteiger partial charge in [0.2, 0.25) is 5.91 Å². The molecule has 0 bridgehead atoms. The molecule has 27 heavy (non-hydrogen) atoms. The molecular weight excluding hydrogens is 340 g/mol. The van der Waals surface area contributed by atoms with Crippen LogP contribution in [0.25, 0.3) is 5.69 Å². The van der Waals surface area contributed by atoms with Crippen molar-refractivity contribution in [1.82, 2.24) is 14.8 Å².